The zero-order valence-electron chi connectivity index (χ0n) is 9.67. The van der Waals surface area contributed by atoms with Crippen LogP contribution in [0, 0.1) is 4.91 Å². The molecule has 0 aromatic carbocycles. The Balaban J connectivity index is 3.45. The molecule has 0 saturated carbocycles. The van der Waals surface area contributed by atoms with Crippen LogP contribution in [0.2, 0.25) is 0 Å². The van der Waals surface area contributed by atoms with Crippen molar-refractivity contribution in [2.75, 3.05) is 26.2 Å². The van der Waals surface area contributed by atoms with E-state index in [1.165, 1.54) is 32.4 Å². The van der Waals surface area contributed by atoms with Gasteiger partial charge in [-0.25, -0.2) is 0 Å². The first-order chi connectivity index (χ1) is 6.85. The van der Waals surface area contributed by atoms with Gasteiger partial charge in [-0.3, -0.25) is 0 Å². The second-order valence-electron chi connectivity index (χ2n) is 3.76. The van der Waals surface area contributed by atoms with E-state index in [0.29, 0.717) is 6.54 Å². The number of nitrogens with zero attached hydrogens (tertiary/aromatic N) is 2. The van der Waals surface area contributed by atoms with Gasteiger partial charge < -0.3 is 4.90 Å². The van der Waals surface area contributed by atoms with Crippen molar-refractivity contribution in [3.63, 3.8) is 0 Å². The number of rotatable bonds is 10. The normalized spacial score (nSPS) is 10.8. The molecule has 0 heterocycles. The molecule has 0 aromatic heterocycles. The number of hydrogen-bond donors (Lipinski definition) is 0. The zero-order valence-corrected chi connectivity index (χ0v) is 9.67. The molecule has 0 fully saturated rings. The molecule has 0 aliphatic heterocycles. The van der Waals surface area contributed by atoms with E-state index in [4.69, 9.17) is 0 Å². The van der Waals surface area contributed by atoms with Gasteiger partial charge in [0.25, 0.3) is 0 Å². The van der Waals surface area contributed by atoms with Crippen molar-refractivity contribution < 1.29 is 0 Å². The van der Waals surface area contributed by atoms with E-state index >= 15 is 0 Å². The molecule has 14 heavy (non-hydrogen) atoms. The highest BCUT2D eigenvalue weighted by atomic mass is 16.3. The maximum absolute atomic E-state index is 9.88. The van der Waals surface area contributed by atoms with Crippen LogP contribution >= 0.6 is 0 Å². The summed E-state index contributed by atoms with van der Waals surface area (Å²) in [6.45, 7) is 8.44. The van der Waals surface area contributed by atoms with E-state index in [1.807, 2.05) is 0 Å². The minimum Gasteiger partial charge on any atom is -0.303 e. The van der Waals surface area contributed by atoms with Crippen molar-refractivity contribution >= 4 is 0 Å². The van der Waals surface area contributed by atoms with Gasteiger partial charge in [-0.1, -0.05) is 25.4 Å². The molecule has 0 amide bonds. The molecule has 0 radical (unpaired) electrons. The van der Waals surface area contributed by atoms with Crippen LogP contribution in [0.15, 0.2) is 5.18 Å². The predicted octanol–water partition coefficient (Wildman–Crippen LogP) is 3.05. The Kier molecular flexibility index (Phi) is 10.3. The van der Waals surface area contributed by atoms with E-state index in [2.05, 4.69) is 23.9 Å². The highest BCUT2D eigenvalue weighted by Crippen LogP contribution is 2.00. The average molecular weight is 200 g/mol. The first kappa shape index (κ1) is 13.6. The van der Waals surface area contributed by atoms with Crippen molar-refractivity contribution in [1.29, 1.82) is 0 Å². The van der Waals surface area contributed by atoms with Gasteiger partial charge >= 0.3 is 0 Å². The van der Waals surface area contributed by atoms with Gasteiger partial charge in [-0.15, -0.1) is 0 Å². The van der Waals surface area contributed by atoms with Gasteiger partial charge in [0.05, 0.1) is 6.54 Å². The largest absolute Gasteiger partial charge is 0.303 e. The second kappa shape index (κ2) is 10.6. The van der Waals surface area contributed by atoms with E-state index in [0.717, 1.165) is 19.4 Å². The summed E-state index contributed by atoms with van der Waals surface area (Å²) >= 11 is 0. The van der Waals surface area contributed by atoms with E-state index < -0.39 is 0 Å². The lowest BCUT2D eigenvalue weighted by Crippen LogP contribution is -2.26. The molecule has 0 bridgehead atoms. The molecule has 0 aliphatic carbocycles. The average Bonchev–Trinajstić information content (AvgIpc) is 2.20. The first-order valence-corrected chi connectivity index (χ1v) is 5.86. The fraction of sp³-hybridized carbons (Fsp3) is 1.00. The summed E-state index contributed by atoms with van der Waals surface area (Å²) < 4.78 is 0. The molecule has 3 nitrogen and oxygen atoms in total. The van der Waals surface area contributed by atoms with Crippen LogP contribution < -0.4 is 0 Å². The van der Waals surface area contributed by atoms with E-state index in [-0.39, 0.29) is 0 Å². The lowest BCUT2D eigenvalue weighted by atomic mass is 10.2. The summed E-state index contributed by atoms with van der Waals surface area (Å²) in [4.78, 5) is 12.4. The van der Waals surface area contributed by atoms with Crippen LogP contribution in [0.5, 0.6) is 0 Å². The topological polar surface area (TPSA) is 32.7 Å². The van der Waals surface area contributed by atoms with Crippen LogP contribution in [-0.4, -0.2) is 31.1 Å². The van der Waals surface area contributed by atoms with Crippen LogP contribution in [0.25, 0.3) is 0 Å². The molecule has 0 spiro atoms. The summed E-state index contributed by atoms with van der Waals surface area (Å²) in [5.41, 5.74) is 0. The summed E-state index contributed by atoms with van der Waals surface area (Å²) in [6.07, 6.45) is 5.81. The van der Waals surface area contributed by atoms with Crippen molar-refractivity contribution in [3.05, 3.63) is 4.91 Å². The molecule has 0 unspecified atom stereocenters. The Labute approximate surface area is 87.8 Å². The summed E-state index contributed by atoms with van der Waals surface area (Å²) in [5, 5.41) is 2.87. The van der Waals surface area contributed by atoms with Gasteiger partial charge in [0.2, 0.25) is 0 Å². The maximum Gasteiger partial charge on any atom is 0.0811 e. The quantitative estimate of drug-likeness (QED) is 0.401. The zero-order chi connectivity index (χ0) is 10.6. The fourth-order valence-corrected chi connectivity index (χ4v) is 1.55. The molecule has 0 saturated heterocycles. The highest BCUT2D eigenvalue weighted by Gasteiger charge is 2.01. The van der Waals surface area contributed by atoms with Gasteiger partial charge in [-0.2, -0.15) is 4.91 Å². The third kappa shape index (κ3) is 8.17. The van der Waals surface area contributed by atoms with Crippen molar-refractivity contribution in [3.8, 4) is 0 Å². The van der Waals surface area contributed by atoms with Crippen LogP contribution in [0.4, 0.5) is 0 Å². The highest BCUT2D eigenvalue weighted by molar-refractivity contribution is 4.57. The van der Waals surface area contributed by atoms with Crippen molar-refractivity contribution in [2.45, 2.75) is 46.0 Å². The predicted molar refractivity (Wildman–Crippen MR) is 61.5 cm³/mol. The third-order valence-electron chi connectivity index (χ3n) is 2.34. The van der Waals surface area contributed by atoms with Gasteiger partial charge in [0.15, 0.2) is 0 Å². The van der Waals surface area contributed by atoms with Crippen LogP contribution in [-0.2, 0) is 0 Å². The molecular weight excluding hydrogens is 176 g/mol. The van der Waals surface area contributed by atoms with Gasteiger partial charge in [0.1, 0.15) is 0 Å². The Morgan fingerprint density at radius 1 is 0.929 bits per heavy atom. The molecule has 0 atom stereocenters. The fourth-order valence-electron chi connectivity index (χ4n) is 1.55. The van der Waals surface area contributed by atoms with Gasteiger partial charge in [-0.05, 0) is 45.3 Å². The maximum atomic E-state index is 9.88. The molecule has 84 valence electrons. The second-order valence-corrected chi connectivity index (χ2v) is 3.76. The minimum absolute atomic E-state index is 0.480. The Bertz CT molecular complexity index is 128. The van der Waals surface area contributed by atoms with Crippen molar-refractivity contribution in [1.82, 2.24) is 4.90 Å². The minimum atomic E-state index is 0.480. The standard InChI is InChI=1S/C11H24N2O/c1-3-5-10-13(9-4-2)11-7-6-8-12-14/h3-11H2,1-2H3. The molecular formula is C11H24N2O. The molecule has 0 aromatic rings. The lowest BCUT2D eigenvalue weighted by Gasteiger charge is -2.20. The van der Waals surface area contributed by atoms with Crippen LogP contribution in [0.3, 0.4) is 0 Å². The molecule has 0 rings (SSSR count). The lowest BCUT2D eigenvalue weighted by molar-refractivity contribution is 0.265. The number of nitroso groups, excluding NO2 is 1. The Morgan fingerprint density at radius 2 is 1.64 bits per heavy atom. The number of hydrogen-bond acceptors (Lipinski definition) is 3. The summed E-state index contributed by atoms with van der Waals surface area (Å²) in [7, 11) is 0. The Morgan fingerprint density at radius 3 is 2.21 bits per heavy atom. The smallest absolute Gasteiger partial charge is 0.0811 e. The van der Waals surface area contributed by atoms with E-state index in [1.54, 1.807) is 0 Å². The van der Waals surface area contributed by atoms with Crippen molar-refractivity contribution in [2.24, 2.45) is 5.18 Å². The third-order valence-corrected chi connectivity index (χ3v) is 2.34. The summed E-state index contributed by atoms with van der Waals surface area (Å²) in [6, 6.07) is 0. The van der Waals surface area contributed by atoms with E-state index in [9.17, 15) is 4.91 Å². The monoisotopic (exact) mass is 200 g/mol. The number of unbranched alkanes of at least 4 members (excludes halogenated alkanes) is 2. The summed E-state index contributed by atoms with van der Waals surface area (Å²) in [5.74, 6) is 0. The molecule has 0 aliphatic rings. The molecule has 3 heteroatoms. The van der Waals surface area contributed by atoms with Crippen LogP contribution in [0.1, 0.15) is 46.0 Å². The van der Waals surface area contributed by atoms with Gasteiger partial charge in [0, 0.05) is 0 Å². The Hall–Kier alpha value is -0.440. The SMILES string of the molecule is CCCCN(CCC)CCCCN=O. The first-order valence-electron chi connectivity index (χ1n) is 5.86. The molecule has 0 N–H and O–H groups in total.